The van der Waals surface area contributed by atoms with Gasteiger partial charge < -0.3 is 42.1 Å². The molecule has 0 bridgehead atoms. The van der Waals surface area contributed by atoms with Gasteiger partial charge in [-0.05, 0) is 71.9 Å². The second kappa shape index (κ2) is 44.3. The SMILES string of the molecule is CCSCCCl.CCSCCOc1ccc2nc(C#N)sc2c1.CCSCCOc1ccc2nc(C3=N[C@@H](C(=O)O)CS3)sc2c1.Cl.N#Cc1nc2ccc(O)cc2s1.N[C@H](CS)C(=O)O.O=CO[O-].[H-].[K+].[K+]. The fourth-order valence-electron chi connectivity index (χ4n) is 4.71. The number of thioether (sulfide) groups is 4. The van der Waals surface area contributed by atoms with Crippen LogP contribution in [0.4, 0.5) is 0 Å². The molecule has 2 atom stereocenters. The van der Waals surface area contributed by atoms with E-state index in [1.165, 1.54) is 51.5 Å². The van der Waals surface area contributed by atoms with E-state index in [1.54, 1.807) is 18.2 Å². The number of carbonyl (C=O) groups excluding carboxylic acids is 1. The molecule has 5 N–H and O–H groups in total. The Balaban J connectivity index is -0.000000870. The van der Waals surface area contributed by atoms with Crippen LogP contribution < -0.4 is 123 Å². The van der Waals surface area contributed by atoms with E-state index in [9.17, 15) is 9.59 Å². The average Bonchev–Trinajstić information content (AvgIpc) is 4.19. The molecule has 0 spiro atoms. The van der Waals surface area contributed by atoms with E-state index in [4.69, 9.17) is 62.7 Å². The number of benzene rings is 3. The van der Waals surface area contributed by atoms with Crippen molar-refractivity contribution in [3.63, 3.8) is 0 Å². The first-order valence-corrected chi connectivity index (χ1v) is 28.4. The third-order valence-electron chi connectivity index (χ3n) is 7.78. The van der Waals surface area contributed by atoms with Gasteiger partial charge in [0.05, 0.1) is 43.9 Å². The number of rotatable bonds is 18. The van der Waals surface area contributed by atoms with Gasteiger partial charge in [-0.25, -0.2) is 19.7 Å². The molecule has 3 aromatic carbocycles. The van der Waals surface area contributed by atoms with Gasteiger partial charge in [-0.2, -0.15) is 58.4 Å². The summed E-state index contributed by atoms with van der Waals surface area (Å²) < 4.78 is 14.3. The number of phenolic OH excluding ortho intramolecular Hbond substituents is 1. The molecule has 0 fully saturated rings. The van der Waals surface area contributed by atoms with E-state index in [2.05, 4.69) is 64.3 Å². The Hall–Kier alpha value is -0.687. The Labute approximate surface area is 550 Å². The molecule has 29 heteroatoms. The molecule has 0 unspecified atom stereocenters. The molecule has 1 aliphatic heterocycles. The fourth-order valence-corrected chi connectivity index (χ4v) is 10.2. The number of carboxylic acid groups (broad SMARTS) is 2. The number of hydrogen-bond acceptors (Lipinski definition) is 23. The molecule has 0 amide bonds. The molecule has 3 aromatic heterocycles. The zero-order chi connectivity index (χ0) is 51.0. The maximum absolute atomic E-state index is 11.0. The van der Waals surface area contributed by atoms with Crippen molar-refractivity contribution in [1.82, 2.24) is 15.0 Å². The molecule has 0 aliphatic carbocycles. The summed E-state index contributed by atoms with van der Waals surface area (Å²) >= 11 is 20.3. The standard InChI is InChI=1S/C15H16N2O3S3.C12H12N2OS2.C8H4N2OS.C4H9ClS.C3H7NO2S.CH2O3.ClH.2K.H/c1-2-21-6-5-20-9-3-4-10-12(7-9)23-14(16-10)13-17-11(8-22-13)15(18)19;1-2-16-6-5-15-9-3-4-10-11(7-9)17-12(8-13)14-10;9-4-8-10-6-2-1-5(11)3-7(6)12-8;1-2-6-4-3-5;4-2(1-7)3(5)6;2-1-4-3;;;;/h3-4,7,11H,2,5-6,8H2,1H3,(H,18,19);3-4,7H,2,5-6H2,1H3;1-3,11H;2-4H2,1H3;2,7H,1,4H2,(H,5,6);1,3H;1H;;;/q;;;;;;;2*+1;-1/p-1/t11-;;;;2-;;;;;/m1...1...../s1. The Morgan fingerprint density at radius 3 is 1.71 bits per heavy atom. The molecule has 0 radical (unpaired) electrons. The first-order chi connectivity index (χ1) is 33.3. The van der Waals surface area contributed by atoms with Crippen LogP contribution in [0.5, 0.6) is 17.2 Å². The molecule has 1 aliphatic rings. The Morgan fingerprint density at radius 1 is 0.861 bits per heavy atom. The second-order valence-electron chi connectivity index (χ2n) is 12.6. The Morgan fingerprint density at radius 2 is 1.32 bits per heavy atom. The van der Waals surface area contributed by atoms with E-state index >= 15 is 0 Å². The van der Waals surface area contributed by atoms with E-state index < -0.39 is 24.0 Å². The summed E-state index contributed by atoms with van der Waals surface area (Å²) in [5.74, 6) is 7.94. The number of carboxylic acids is 2. The number of aromatic nitrogens is 3. The number of ether oxygens (including phenoxy) is 2. The predicted octanol–water partition coefficient (Wildman–Crippen LogP) is 2.83. The summed E-state index contributed by atoms with van der Waals surface area (Å²) in [4.78, 5) is 49.0. The summed E-state index contributed by atoms with van der Waals surface area (Å²) in [6.45, 7) is 7.63. The van der Waals surface area contributed by atoms with Gasteiger partial charge in [0.15, 0.2) is 16.1 Å². The van der Waals surface area contributed by atoms with E-state index in [0.717, 1.165) is 86.8 Å². The average molecular weight is 1230 g/mol. The van der Waals surface area contributed by atoms with Crippen molar-refractivity contribution in [2.45, 2.75) is 32.9 Å². The maximum Gasteiger partial charge on any atom is 1.00 e. The molecule has 72 heavy (non-hydrogen) atoms. The van der Waals surface area contributed by atoms with Crippen LogP contribution in [0.3, 0.4) is 0 Å². The van der Waals surface area contributed by atoms with Crippen LogP contribution in [-0.2, 0) is 19.3 Å². The van der Waals surface area contributed by atoms with Crippen molar-refractivity contribution >= 4 is 172 Å². The van der Waals surface area contributed by atoms with Crippen LogP contribution in [0.25, 0.3) is 30.6 Å². The normalized spacial score (nSPS) is 12.0. The van der Waals surface area contributed by atoms with Crippen molar-refractivity contribution in [1.29, 1.82) is 10.5 Å². The monoisotopic (exact) mass is 1230 g/mol. The second-order valence-corrected chi connectivity index (χ2v) is 21.6. The Bertz CT molecular complexity index is 2630. The minimum atomic E-state index is -1.00. The number of alkyl halides is 1. The maximum atomic E-state index is 11.0. The minimum Gasteiger partial charge on any atom is -1.00 e. The van der Waals surface area contributed by atoms with Gasteiger partial charge in [-0.3, -0.25) is 14.6 Å². The molecule has 6 aromatic rings. The number of nitrogens with zero attached hydrogens (tertiary/aromatic N) is 6. The van der Waals surface area contributed by atoms with Gasteiger partial charge in [0.25, 0.3) is 6.47 Å². The third-order valence-corrected chi connectivity index (χ3v) is 15.3. The smallest absolute Gasteiger partial charge is 1.00 e. The van der Waals surface area contributed by atoms with Crippen LogP contribution in [-0.4, -0.2) is 131 Å². The number of aliphatic imine (C=N–C) groups is 1. The summed E-state index contributed by atoms with van der Waals surface area (Å²) in [5.41, 5.74) is 7.45. The van der Waals surface area contributed by atoms with Crippen LogP contribution in [0.15, 0.2) is 59.6 Å². The van der Waals surface area contributed by atoms with Crippen molar-refractivity contribution in [3.05, 3.63) is 69.6 Å². The molecule has 7 rings (SSSR count). The zero-order valence-corrected chi connectivity index (χ0v) is 54.2. The van der Waals surface area contributed by atoms with Crippen molar-refractivity contribution in [2.75, 3.05) is 65.1 Å². The molecule has 0 saturated carbocycles. The number of nitriles is 2. The van der Waals surface area contributed by atoms with Gasteiger partial charge in [0.2, 0.25) is 0 Å². The van der Waals surface area contributed by atoms with E-state index in [-0.39, 0.29) is 135 Å². The summed E-state index contributed by atoms with van der Waals surface area (Å²) in [5, 5.41) is 54.3. The number of thiazole rings is 3. The number of carbonyl (C=O) groups is 3. The quantitative estimate of drug-likeness (QED) is 0.0157. The number of fused-ring (bicyclic) bond motifs is 3. The molecular formula is C43H51Cl2K2N7O10S8. The zero-order valence-electron chi connectivity index (χ0n) is 40.8. The summed E-state index contributed by atoms with van der Waals surface area (Å²) in [6, 6.07) is 19.0. The van der Waals surface area contributed by atoms with Gasteiger partial charge in [-0.1, -0.05) is 20.8 Å². The molecular weight excluding hydrogens is 1180 g/mol. The van der Waals surface area contributed by atoms with Gasteiger partial charge in [0, 0.05) is 34.6 Å². The first-order valence-electron chi connectivity index (χ1n) is 20.3. The van der Waals surface area contributed by atoms with Crippen LogP contribution in [0.1, 0.15) is 37.2 Å². The topological polar surface area (TPSA) is 287 Å². The van der Waals surface area contributed by atoms with E-state index in [1.807, 2.05) is 77.8 Å². The number of hydrogen-bond donors (Lipinski definition) is 5. The Kier molecular flexibility index (Phi) is 45.2. The number of nitrogens with two attached hydrogens (primary N) is 1. The van der Waals surface area contributed by atoms with E-state index in [0.29, 0.717) is 29.0 Å². The fraction of sp³-hybridized carbons (Fsp3) is 0.372. The minimum absolute atomic E-state index is 0. The van der Waals surface area contributed by atoms with Gasteiger partial charge in [0.1, 0.15) is 45.5 Å². The predicted molar refractivity (Wildman–Crippen MR) is 296 cm³/mol. The largest absolute Gasteiger partial charge is 1.00 e. The van der Waals surface area contributed by atoms with Crippen molar-refractivity contribution in [3.8, 4) is 29.4 Å². The number of thiol groups is 1. The first kappa shape index (κ1) is 73.4. The van der Waals surface area contributed by atoms with Crippen molar-refractivity contribution < 1.29 is 154 Å². The summed E-state index contributed by atoms with van der Waals surface area (Å²) in [7, 11) is 0. The molecule has 382 valence electrons. The summed E-state index contributed by atoms with van der Waals surface area (Å²) in [6.07, 6.45) is 0. The van der Waals surface area contributed by atoms with Gasteiger partial charge >= 0.3 is 115 Å². The van der Waals surface area contributed by atoms with Gasteiger partial charge in [-0.15, -0.1) is 69.8 Å². The third kappa shape index (κ3) is 29.2. The van der Waals surface area contributed by atoms with Crippen LogP contribution >= 0.6 is 118 Å². The van der Waals surface area contributed by atoms with Crippen LogP contribution in [0.2, 0.25) is 0 Å². The van der Waals surface area contributed by atoms with Crippen LogP contribution in [0, 0.1) is 22.7 Å². The number of phenols is 1. The number of aliphatic carboxylic acids is 2. The molecule has 17 nitrogen and oxygen atoms in total. The molecule has 0 saturated heterocycles. The van der Waals surface area contributed by atoms with Crippen molar-refractivity contribution in [2.24, 2.45) is 10.7 Å². The number of aromatic hydroxyl groups is 1. The number of halogens is 2. The molecule has 4 heterocycles.